The molecule has 1 aliphatic heterocycles. The van der Waals surface area contributed by atoms with Crippen LogP contribution < -0.4 is 25.0 Å². The van der Waals surface area contributed by atoms with E-state index in [1.807, 2.05) is 4.57 Å². The Morgan fingerprint density at radius 3 is 2.67 bits per heavy atom. The maximum atomic E-state index is 13.4. The maximum absolute atomic E-state index is 13.4. The van der Waals surface area contributed by atoms with Gasteiger partial charge in [0.1, 0.15) is 16.8 Å². The van der Waals surface area contributed by atoms with E-state index in [4.69, 9.17) is 23.4 Å². The van der Waals surface area contributed by atoms with Crippen molar-refractivity contribution in [2.45, 2.75) is 13.2 Å². The van der Waals surface area contributed by atoms with Gasteiger partial charge >= 0.3 is 0 Å². The number of amides is 1. The summed E-state index contributed by atoms with van der Waals surface area (Å²) in [5.74, 6) is 1.23. The van der Waals surface area contributed by atoms with Crippen molar-refractivity contribution in [3.8, 4) is 34.3 Å². The Balaban J connectivity index is 1.26. The van der Waals surface area contributed by atoms with E-state index in [1.54, 1.807) is 54.9 Å². The van der Waals surface area contributed by atoms with Crippen molar-refractivity contribution in [3.05, 3.63) is 88.9 Å². The lowest BCUT2D eigenvalue weighted by atomic mass is 10.0. The summed E-state index contributed by atoms with van der Waals surface area (Å²) in [5.41, 5.74) is 2.75. The monoisotopic (exact) mass is 540 g/mol. The Hall–Kier alpha value is -5.16. The largest absolute Gasteiger partial charge is 0.491 e. The van der Waals surface area contributed by atoms with Crippen molar-refractivity contribution in [2.75, 3.05) is 26.1 Å². The van der Waals surface area contributed by atoms with E-state index in [0.717, 1.165) is 0 Å². The molecule has 0 aliphatic carbocycles. The van der Waals surface area contributed by atoms with Gasteiger partial charge in [0.05, 0.1) is 51.2 Å². The molecule has 0 radical (unpaired) electrons. The van der Waals surface area contributed by atoms with E-state index in [9.17, 15) is 9.59 Å². The first-order valence-electron chi connectivity index (χ1n) is 12.4. The van der Waals surface area contributed by atoms with Crippen molar-refractivity contribution in [1.82, 2.24) is 14.5 Å². The first kappa shape index (κ1) is 25.1. The lowest BCUT2D eigenvalue weighted by Gasteiger charge is -2.23. The van der Waals surface area contributed by atoms with Crippen LogP contribution in [0.3, 0.4) is 0 Å². The van der Waals surface area contributed by atoms with Crippen LogP contribution in [0.1, 0.15) is 16.1 Å². The minimum Gasteiger partial charge on any atom is -0.491 e. The van der Waals surface area contributed by atoms with Crippen molar-refractivity contribution in [3.63, 3.8) is 0 Å². The third kappa shape index (κ3) is 4.63. The summed E-state index contributed by atoms with van der Waals surface area (Å²) >= 11 is 0. The molecule has 5 heterocycles. The number of methoxy groups -OCH3 is 2. The highest BCUT2D eigenvalue weighted by Crippen LogP contribution is 2.34. The minimum atomic E-state index is -0.524. The van der Waals surface area contributed by atoms with Crippen molar-refractivity contribution in [2.24, 2.45) is 0 Å². The number of fused-ring (bicyclic) bond motifs is 2. The van der Waals surface area contributed by atoms with Gasteiger partial charge in [-0.3, -0.25) is 14.6 Å². The van der Waals surface area contributed by atoms with Crippen molar-refractivity contribution < 1.29 is 28.2 Å². The highest BCUT2D eigenvalue weighted by molar-refractivity contribution is 6.05. The molecule has 202 valence electrons. The number of benzene rings is 1. The topological polar surface area (TPSA) is 127 Å². The Kier molecular flexibility index (Phi) is 6.62. The van der Waals surface area contributed by atoms with Crippen LogP contribution in [0.2, 0.25) is 0 Å². The first-order valence-corrected chi connectivity index (χ1v) is 12.4. The average molecular weight is 541 g/mol. The van der Waals surface area contributed by atoms with E-state index in [2.05, 4.69) is 15.3 Å². The molecule has 5 aromatic rings. The molecule has 0 unspecified atom stereocenters. The van der Waals surface area contributed by atoms with Crippen LogP contribution in [0.15, 0.2) is 76.6 Å². The molecule has 1 aliphatic rings. The molecule has 1 amide bonds. The fraction of sp³-hybridized carbons (Fsp3) is 0.172. The van der Waals surface area contributed by atoms with Crippen LogP contribution in [-0.4, -0.2) is 41.3 Å². The number of carbonyl (C=O) groups excluding carboxylic acids is 1. The number of rotatable bonds is 7. The van der Waals surface area contributed by atoms with Gasteiger partial charge in [-0.05, 0) is 30.3 Å². The zero-order chi connectivity index (χ0) is 27.6. The fourth-order valence-corrected chi connectivity index (χ4v) is 4.56. The van der Waals surface area contributed by atoms with Crippen LogP contribution in [0, 0.1) is 0 Å². The molecule has 0 saturated carbocycles. The SMILES string of the molecule is COc1cc2nccc(Oc3ccc(NC(=O)c4c5n(cc(-c6ccoc6)c4=O)CCOC5)cc3)c2nc1OC. The molecule has 1 N–H and O–H groups in total. The lowest BCUT2D eigenvalue weighted by Crippen LogP contribution is -2.31. The minimum absolute atomic E-state index is 0.0393. The van der Waals surface area contributed by atoms with Gasteiger partial charge in [0.15, 0.2) is 11.5 Å². The third-order valence-corrected chi connectivity index (χ3v) is 6.53. The summed E-state index contributed by atoms with van der Waals surface area (Å²) < 4.78 is 29.3. The molecule has 0 atom stereocenters. The number of furan rings is 1. The second-order valence-corrected chi connectivity index (χ2v) is 8.91. The molecule has 6 rings (SSSR count). The molecular weight excluding hydrogens is 516 g/mol. The normalized spacial score (nSPS) is 12.6. The van der Waals surface area contributed by atoms with Gasteiger partial charge in [0.2, 0.25) is 5.43 Å². The summed E-state index contributed by atoms with van der Waals surface area (Å²) in [6.45, 7) is 1.19. The molecule has 1 aromatic carbocycles. The number of ether oxygens (including phenoxy) is 4. The van der Waals surface area contributed by atoms with Gasteiger partial charge in [0.25, 0.3) is 11.8 Å². The average Bonchev–Trinajstić information content (AvgIpc) is 3.52. The second-order valence-electron chi connectivity index (χ2n) is 8.91. The highest BCUT2D eigenvalue weighted by atomic mass is 16.5. The molecule has 11 heteroatoms. The number of aromatic nitrogens is 3. The highest BCUT2D eigenvalue weighted by Gasteiger charge is 2.25. The van der Waals surface area contributed by atoms with E-state index in [-0.39, 0.29) is 17.6 Å². The molecule has 0 fully saturated rings. The Bertz CT molecular complexity index is 1760. The molecule has 40 heavy (non-hydrogen) atoms. The molecule has 4 aromatic heterocycles. The van der Waals surface area contributed by atoms with Gasteiger partial charge in [-0.1, -0.05) is 0 Å². The van der Waals surface area contributed by atoms with Gasteiger partial charge in [-0.2, -0.15) is 0 Å². The zero-order valence-electron chi connectivity index (χ0n) is 21.7. The van der Waals surface area contributed by atoms with E-state index < -0.39 is 5.91 Å². The van der Waals surface area contributed by atoms with Gasteiger partial charge in [-0.25, -0.2) is 4.98 Å². The van der Waals surface area contributed by atoms with Crippen LogP contribution in [0.4, 0.5) is 5.69 Å². The molecule has 0 saturated heterocycles. The summed E-state index contributed by atoms with van der Waals surface area (Å²) in [6.07, 6.45) is 6.33. The molecular formula is C29H24N4O7. The number of carbonyl (C=O) groups is 1. The quantitative estimate of drug-likeness (QED) is 0.314. The van der Waals surface area contributed by atoms with E-state index >= 15 is 0 Å². The summed E-state index contributed by atoms with van der Waals surface area (Å²) in [4.78, 5) is 35.6. The molecule has 0 spiro atoms. The summed E-state index contributed by atoms with van der Waals surface area (Å²) in [5, 5.41) is 2.83. The van der Waals surface area contributed by atoms with Crippen molar-refractivity contribution in [1.29, 1.82) is 0 Å². The summed E-state index contributed by atoms with van der Waals surface area (Å²) in [6, 6.07) is 11.9. The predicted octanol–water partition coefficient (Wildman–Crippen LogP) is 4.64. The first-order chi connectivity index (χ1) is 19.6. The number of nitrogens with zero attached hydrogens (tertiary/aromatic N) is 3. The lowest BCUT2D eigenvalue weighted by molar-refractivity contribution is 0.0809. The van der Waals surface area contributed by atoms with E-state index in [0.29, 0.717) is 69.8 Å². The standard InChI is InChI=1S/C29H24N4O7/c1-36-24-13-21-26(32-29(24)37-2)23(7-9-30-21)40-19-5-3-18(4-6-19)31-28(35)25-22-16-39-12-10-33(22)14-20(27(25)34)17-8-11-38-15-17/h3-9,11,13-15H,10,12,16H2,1-2H3,(H,31,35). The van der Waals surface area contributed by atoms with Crippen LogP contribution in [0.25, 0.3) is 22.2 Å². The van der Waals surface area contributed by atoms with Crippen LogP contribution >= 0.6 is 0 Å². The van der Waals surface area contributed by atoms with Crippen LogP contribution in [0.5, 0.6) is 23.1 Å². The van der Waals surface area contributed by atoms with Crippen molar-refractivity contribution >= 4 is 22.6 Å². The third-order valence-electron chi connectivity index (χ3n) is 6.53. The number of hydrogen-bond donors (Lipinski definition) is 1. The Labute approximate surface area is 227 Å². The zero-order valence-corrected chi connectivity index (χ0v) is 21.7. The van der Waals surface area contributed by atoms with Gasteiger partial charge in [-0.15, -0.1) is 0 Å². The summed E-state index contributed by atoms with van der Waals surface area (Å²) in [7, 11) is 3.03. The Morgan fingerprint density at radius 2 is 1.93 bits per heavy atom. The smallest absolute Gasteiger partial charge is 0.261 e. The van der Waals surface area contributed by atoms with Gasteiger partial charge in [0, 0.05) is 47.9 Å². The maximum Gasteiger partial charge on any atom is 0.261 e. The second kappa shape index (κ2) is 10.5. The Morgan fingerprint density at radius 1 is 1.07 bits per heavy atom. The predicted molar refractivity (Wildman–Crippen MR) is 145 cm³/mol. The molecule has 11 nitrogen and oxygen atoms in total. The number of hydrogen-bond acceptors (Lipinski definition) is 9. The van der Waals surface area contributed by atoms with E-state index in [1.165, 1.54) is 26.7 Å². The van der Waals surface area contributed by atoms with Crippen LogP contribution in [-0.2, 0) is 17.9 Å². The molecule has 0 bridgehead atoms. The fourth-order valence-electron chi connectivity index (χ4n) is 4.56. The number of pyridine rings is 3. The van der Waals surface area contributed by atoms with Gasteiger partial charge < -0.3 is 33.2 Å². The number of nitrogens with one attached hydrogen (secondary N) is 1. The number of anilines is 1.